The summed E-state index contributed by atoms with van der Waals surface area (Å²) in [6, 6.07) is 12.1. The molecule has 1 aromatic heterocycles. The Balaban J connectivity index is 1.65. The van der Waals surface area contributed by atoms with E-state index >= 15 is 0 Å². The number of aryl methyl sites for hydroxylation is 1. The zero-order valence-corrected chi connectivity index (χ0v) is 16.1. The lowest BCUT2D eigenvalue weighted by molar-refractivity contribution is -0.137. The van der Waals surface area contributed by atoms with Crippen LogP contribution in [0.3, 0.4) is 0 Å². The first kappa shape index (κ1) is 21.0. The van der Waals surface area contributed by atoms with Gasteiger partial charge in [-0.15, -0.1) is 0 Å². The maximum absolute atomic E-state index is 12.6. The SMILES string of the molecule is CC(=O)c1ccc(Oc2ccc(NC(=O)c3ccc(C(F)(F)F)cc3)cn2)cc1C. The second kappa shape index (κ2) is 8.36. The van der Waals surface area contributed by atoms with Gasteiger partial charge in [0.2, 0.25) is 5.88 Å². The number of nitrogens with zero attached hydrogens (tertiary/aromatic N) is 1. The lowest BCUT2D eigenvalue weighted by Crippen LogP contribution is -2.13. The van der Waals surface area contributed by atoms with E-state index < -0.39 is 17.6 Å². The van der Waals surface area contributed by atoms with Gasteiger partial charge in [0, 0.05) is 17.2 Å². The number of alkyl halides is 3. The molecule has 0 saturated heterocycles. The van der Waals surface area contributed by atoms with Crippen LogP contribution in [-0.2, 0) is 6.18 Å². The van der Waals surface area contributed by atoms with Crippen LogP contribution in [-0.4, -0.2) is 16.7 Å². The molecule has 3 aromatic rings. The standard InChI is InChI=1S/C22H17F3N2O3/c1-13-11-18(8-9-19(13)14(2)28)30-20-10-7-17(12-26-20)27-21(29)15-3-5-16(6-4-15)22(23,24)25/h3-12H,1-2H3,(H,27,29). The summed E-state index contributed by atoms with van der Waals surface area (Å²) >= 11 is 0. The molecule has 0 aliphatic heterocycles. The van der Waals surface area contributed by atoms with Crippen LogP contribution in [0.15, 0.2) is 60.8 Å². The van der Waals surface area contributed by atoms with Crippen LogP contribution >= 0.6 is 0 Å². The highest BCUT2D eigenvalue weighted by Crippen LogP contribution is 2.29. The summed E-state index contributed by atoms with van der Waals surface area (Å²) in [5.41, 5.74) is 1.01. The van der Waals surface area contributed by atoms with Crippen molar-refractivity contribution in [3.8, 4) is 11.6 Å². The van der Waals surface area contributed by atoms with Gasteiger partial charge in [-0.05, 0) is 67.9 Å². The Morgan fingerprint density at radius 1 is 1.00 bits per heavy atom. The third kappa shape index (κ3) is 5.02. The molecule has 0 radical (unpaired) electrons. The number of nitrogens with one attached hydrogen (secondary N) is 1. The Morgan fingerprint density at radius 2 is 1.70 bits per heavy atom. The van der Waals surface area contributed by atoms with E-state index in [9.17, 15) is 22.8 Å². The summed E-state index contributed by atoms with van der Waals surface area (Å²) in [6.45, 7) is 3.29. The average Bonchev–Trinajstić information content (AvgIpc) is 2.68. The second-order valence-corrected chi connectivity index (χ2v) is 6.55. The Labute approximate surface area is 170 Å². The van der Waals surface area contributed by atoms with E-state index in [1.165, 1.54) is 19.2 Å². The van der Waals surface area contributed by atoms with Crippen molar-refractivity contribution in [1.29, 1.82) is 0 Å². The van der Waals surface area contributed by atoms with Crippen LogP contribution in [0.25, 0.3) is 0 Å². The molecule has 1 amide bonds. The number of anilines is 1. The number of pyridine rings is 1. The minimum Gasteiger partial charge on any atom is -0.439 e. The van der Waals surface area contributed by atoms with Crippen LogP contribution in [0.2, 0.25) is 0 Å². The van der Waals surface area contributed by atoms with E-state index in [1.54, 1.807) is 31.2 Å². The molecule has 0 atom stereocenters. The fourth-order valence-corrected chi connectivity index (χ4v) is 2.74. The van der Waals surface area contributed by atoms with Gasteiger partial charge in [-0.2, -0.15) is 13.2 Å². The molecule has 0 bridgehead atoms. The Kier molecular flexibility index (Phi) is 5.86. The summed E-state index contributed by atoms with van der Waals surface area (Å²) in [4.78, 5) is 27.8. The molecule has 154 valence electrons. The number of hydrogen-bond donors (Lipinski definition) is 1. The number of hydrogen-bond acceptors (Lipinski definition) is 4. The molecule has 30 heavy (non-hydrogen) atoms. The van der Waals surface area contributed by atoms with E-state index in [2.05, 4.69) is 10.3 Å². The van der Waals surface area contributed by atoms with Crippen molar-refractivity contribution in [2.24, 2.45) is 0 Å². The Bertz CT molecular complexity index is 1080. The summed E-state index contributed by atoms with van der Waals surface area (Å²) in [5, 5.41) is 2.56. The van der Waals surface area contributed by atoms with Gasteiger partial charge in [0.25, 0.3) is 5.91 Å². The minimum absolute atomic E-state index is 0.0367. The number of carbonyl (C=O) groups excluding carboxylic acids is 2. The minimum atomic E-state index is -4.46. The predicted octanol–water partition coefficient (Wildman–Crippen LogP) is 5.66. The second-order valence-electron chi connectivity index (χ2n) is 6.55. The predicted molar refractivity (Wildman–Crippen MR) is 105 cm³/mol. The maximum Gasteiger partial charge on any atom is 0.416 e. The summed E-state index contributed by atoms with van der Waals surface area (Å²) < 4.78 is 43.5. The number of aromatic nitrogens is 1. The fraction of sp³-hybridized carbons (Fsp3) is 0.136. The zero-order valence-electron chi connectivity index (χ0n) is 16.1. The van der Waals surface area contributed by atoms with Crippen LogP contribution in [0.1, 0.15) is 38.8 Å². The highest BCUT2D eigenvalue weighted by molar-refractivity contribution is 6.04. The molecule has 5 nitrogen and oxygen atoms in total. The van der Waals surface area contributed by atoms with E-state index in [4.69, 9.17) is 4.74 Å². The van der Waals surface area contributed by atoms with Crippen LogP contribution in [0.5, 0.6) is 11.6 Å². The largest absolute Gasteiger partial charge is 0.439 e. The van der Waals surface area contributed by atoms with Gasteiger partial charge in [0.05, 0.1) is 17.4 Å². The molecule has 1 N–H and O–H groups in total. The van der Waals surface area contributed by atoms with E-state index in [0.717, 1.165) is 29.8 Å². The van der Waals surface area contributed by atoms with Gasteiger partial charge in [0.15, 0.2) is 5.78 Å². The number of amides is 1. The zero-order chi connectivity index (χ0) is 21.9. The molecule has 3 rings (SSSR count). The van der Waals surface area contributed by atoms with Gasteiger partial charge in [-0.1, -0.05) is 0 Å². The number of rotatable bonds is 5. The number of halogens is 3. The summed E-state index contributed by atoms with van der Waals surface area (Å²) in [7, 11) is 0. The van der Waals surface area contributed by atoms with Crippen molar-refractivity contribution in [1.82, 2.24) is 4.98 Å². The van der Waals surface area contributed by atoms with Gasteiger partial charge >= 0.3 is 6.18 Å². The highest BCUT2D eigenvalue weighted by atomic mass is 19.4. The van der Waals surface area contributed by atoms with E-state index in [1.807, 2.05) is 0 Å². The number of benzene rings is 2. The fourth-order valence-electron chi connectivity index (χ4n) is 2.74. The van der Waals surface area contributed by atoms with Gasteiger partial charge in [-0.3, -0.25) is 9.59 Å². The van der Waals surface area contributed by atoms with Crippen molar-refractivity contribution in [3.05, 3.63) is 83.0 Å². The van der Waals surface area contributed by atoms with Gasteiger partial charge in [0.1, 0.15) is 5.75 Å². The molecule has 0 aliphatic carbocycles. The molecule has 2 aromatic carbocycles. The topological polar surface area (TPSA) is 68.3 Å². The normalized spacial score (nSPS) is 11.1. The van der Waals surface area contributed by atoms with E-state index in [-0.39, 0.29) is 17.2 Å². The maximum atomic E-state index is 12.6. The molecule has 0 aliphatic rings. The number of Topliss-reactive ketones (excluding diaryl/α,β-unsaturated/α-hetero) is 1. The first-order valence-electron chi connectivity index (χ1n) is 8.87. The number of ether oxygens (including phenoxy) is 1. The lowest BCUT2D eigenvalue weighted by Gasteiger charge is -2.10. The molecule has 0 saturated carbocycles. The van der Waals surface area contributed by atoms with E-state index in [0.29, 0.717) is 17.0 Å². The molecular weight excluding hydrogens is 397 g/mol. The molecule has 0 unspecified atom stereocenters. The molecule has 0 spiro atoms. The van der Waals surface area contributed by atoms with Crippen LogP contribution in [0.4, 0.5) is 18.9 Å². The van der Waals surface area contributed by atoms with Crippen molar-refractivity contribution in [2.45, 2.75) is 20.0 Å². The Hall–Kier alpha value is -3.68. The van der Waals surface area contributed by atoms with Crippen molar-refractivity contribution >= 4 is 17.4 Å². The quantitative estimate of drug-likeness (QED) is 0.548. The van der Waals surface area contributed by atoms with Gasteiger partial charge < -0.3 is 10.1 Å². The van der Waals surface area contributed by atoms with Crippen LogP contribution < -0.4 is 10.1 Å². The summed E-state index contributed by atoms with van der Waals surface area (Å²) in [5.74, 6) is 0.184. The van der Waals surface area contributed by atoms with Crippen LogP contribution in [0, 0.1) is 6.92 Å². The molecular formula is C22H17F3N2O3. The molecule has 8 heteroatoms. The smallest absolute Gasteiger partial charge is 0.416 e. The third-order valence-corrected chi connectivity index (χ3v) is 4.27. The van der Waals surface area contributed by atoms with Crippen molar-refractivity contribution in [3.63, 3.8) is 0 Å². The average molecular weight is 414 g/mol. The van der Waals surface area contributed by atoms with Gasteiger partial charge in [-0.25, -0.2) is 4.98 Å². The van der Waals surface area contributed by atoms with Crippen molar-refractivity contribution in [2.75, 3.05) is 5.32 Å². The number of ketones is 1. The third-order valence-electron chi connectivity index (χ3n) is 4.27. The number of carbonyl (C=O) groups is 2. The first-order chi connectivity index (χ1) is 14.1. The molecule has 1 heterocycles. The molecule has 0 fully saturated rings. The Morgan fingerprint density at radius 3 is 2.23 bits per heavy atom. The summed E-state index contributed by atoms with van der Waals surface area (Å²) in [6.07, 6.45) is -3.09. The van der Waals surface area contributed by atoms with Crippen molar-refractivity contribution < 1.29 is 27.5 Å². The lowest BCUT2D eigenvalue weighted by atomic mass is 10.1. The first-order valence-corrected chi connectivity index (χ1v) is 8.87. The highest BCUT2D eigenvalue weighted by Gasteiger charge is 2.30. The monoisotopic (exact) mass is 414 g/mol.